The van der Waals surface area contributed by atoms with Gasteiger partial charge in [0.2, 0.25) is 0 Å². The lowest BCUT2D eigenvalue weighted by molar-refractivity contribution is -0.870. The van der Waals surface area contributed by atoms with Crippen LogP contribution in [0.4, 0.5) is 0 Å². The second-order valence-electron chi connectivity index (χ2n) is 12.6. The topological polar surface area (TPSA) is 74.2 Å². The van der Waals surface area contributed by atoms with E-state index in [-0.39, 0.29) is 13.2 Å². The Morgan fingerprint density at radius 2 is 1.10 bits per heavy atom. The van der Waals surface area contributed by atoms with Gasteiger partial charge in [0.1, 0.15) is 19.3 Å². The first-order valence-electron chi connectivity index (χ1n) is 17.0. The Morgan fingerprint density at radius 3 is 1.55 bits per heavy atom. The summed E-state index contributed by atoms with van der Waals surface area (Å²) >= 11 is 0. The molecule has 42 heavy (non-hydrogen) atoms. The van der Waals surface area contributed by atoms with Crippen LogP contribution in [0.25, 0.3) is 0 Å². The molecule has 0 aromatic heterocycles. The summed E-state index contributed by atoms with van der Waals surface area (Å²) in [6.45, 7) is 3.96. The summed E-state index contributed by atoms with van der Waals surface area (Å²) in [6, 6.07) is 0. The molecule has 0 aromatic carbocycles. The molecule has 1 N–H and O–H groups in total. The number of likely N-dealkylation sites (N-methyl/N-ethyl adjacent to an activating group) is 1. The molecule has 0 spiro atoms. The van der Waals surface area contributed by atoms with Crippen molar-refractivity contribution in [2.75, 3.05) is 61.2 Å². The maximum atomic E-state index is 12.0. The Bertz CT molecular complexity index is 679. The van der Waals surface area contributed by atoms with Gasteiger partial charge < -0.3 is 18.9 Å². The van der Waals surface area contributed by atoms with E-state index in [0.717, 1.165) is 19.3 Å². The fraction of sp³-hybridized carbons (Fsp3) is 0.882. The van der Waals surface area contributed by atoms with Gasteiger partial charge in [-0.2, -0.15) is 0 Å². The highest BCUT2D eigenvalue weighted by molar-refractivity contribution is 7.47. The summed E-state index contributed by atoms with van der Waals surface area (Å²) < 4.78 is 33.7. The Kier molecular flexibility index (Phi) is 28.8. The smallest absolute Gasteiger partial charge is 0.379 e. The third-order valence-electron chi connectivity index (χ3n) is 7.29. The van der Waals surface area contributed by atoms with Crippen molar-refractivity contribution in [3.63, 3.8) is 0 Å². The first-order valence-corrected chi connectivity index (χ1v) is 18.5. The van der Waals surface area contributed by atoms with Gasteiger partial charge in [-0.15, -0.1) is 0 Å². The highest BCUT2D eigenvalue weighted by Gasteiger charge is 2.24. The van der Waals surface area contributed by atoms with Crippen LogP contribution >= 0.6 is 7.82 Å². The van der Waals surface area contributed by atoms with Crippen molar-refractivity contribution in [1.29, 1.82) is 0 Å². The van der Waals surface area contributed by atoms with Gasteiger partial charge in [-0.1, -0.05) is 95.4 Å². The lowest BCUT2D eigenvalue weighted by atomic mass is 10.1. The predicted molar refractivity (Wildman–Crippen MR) is 178 cm³/mol. The number of hydrogen-bond donors (Lipinski definition) is 1. The molecule has 0 aromatic rings. The zero-order valence-electron chi connectivity index (χ0n) is 28.2. The number of rotatable bonds is 32. The van der Waals surface area contributed by atoms with Crippen LogP contribution in [0.1, 0.15) is 129 Å². The van der Waals surface area contributed by atoms with Crippen molar-refractivity contribution >= 4 is 7.82 Å². The summed E-state index contributed by atoms with van der Waals surface area (Å²) in [6.07, 6.45) is 33.7. The van der Waals surface area contributed by atoms with Crippen LogP contribution < -0.4 is 0 Å². The third kappa shape index (κ3) is 32.4. The number of phosphoric ester groups is 1. The fourth-order valence-electron chi connectivity index (χ4n) is 4.43. The number of allylic oxidation sites excluding steroid dienone is 4. The Labute approximate surface area is 260 Å². The fourth-order valence-corrected chi connectivity index (χ4v) is 5.17. The quantitative estimate of drug-likeness (QED) is 0.0350. The van der Waals surface area contributed by atoms with Crippen molar-refractivity contribution in [1.82, 2.24) is 0 Å². The van der Waals surface area contributed by atoms with Gasteiger partial charge in [0.15, 0.2) is 0 Å². The summed E-state index contributed by atoms with van der Waals surface area (Å²) in [5, 5.41) is 0. The standard InChI is InChI=1S/C34H68NO6P/c1-6-7-8-9-10-11-12-13-14-15-16-17-18-19-20-21-22-23-24-25-26-27-28-30-39-32-34(38-5)33-41-42(36,37)40-31-29-35(2,3)4/h11-12,23-24,34H,6-10,13-22,25-33H2,1-5H3/p+1/b12-11-,24-23-/t34-/m1/s1. The third-order valence-corrected chi connectivity index (χ3v) is 8.27. The first-order chi connectivity index (χ1) is 20.2. The zero-order chi connectivity index (χ0) is 31.2. The Balaban J connectivity index is 3.47. The van der Waals surface area contributed by atoms with Crippen LogP contribution in [0.2, 0.25) is 0 Å². The van der Waals surface area contributed by atoms with Gasteiger partial charge in [0.05, 0.1) is 34.4 Å². The van der Waals surface area contributed by atoms with Crippen molar-refractivity contribution in [3.05, 3.63) is 24.3 Å². The average Bonchev–Trinajstić information content (AvgIpc) is 2.93. The highest BCUT2D eigenvalue weighted by atomic mass is 31.2. The molecule has 1 unspecified atom stereocenters. The Hall–Kier alpha value is -0.530. The maximum Gasteiger partial charge on any atom is 0.472 e. The first kappa shape index (κ1) is 41.5. The van der Waals surface area contributed by atoms with Crippen LogP contribution in [0.5, 0.6) is 0 Å². The van der Waals surface area contributed by atoms with E-state index in [0.29, 0.717) is 24.2 Å². The average molecular weight is 619 g/mol. The lowest BCUT2D eigenvalue weighted by Crippen LogP contribution is -2.37. The molecule has 0 saturated heterocycles. The van der Waals surface area contributed by atoms with E-state index in [1.165, 1.54) is 103 Å². The number of quaternary nitrogens is 1. The van der Waals surface area contributed by atoms with Gasteiger partial charge in [-0.3, -0.25) is 9.05 Å². The van der Waals surface area contributed by atoms with E-state index in [1.54, 1.807) is 7.11 Å². The molecule has 0 radical (unpaired) electrons. The number of phosphoric acid groups is 1. The number of ether oxygens (including phenoxy) is 2. The van der Waals surface area contributed by atoms with Crippen LogP contribution in [-0.4, -0.2) is 76.7 Å². The monoisotopic (exact) mass is 618 g/mol. The van der Waals surface area contributed by atoms with Crippen LogP contribution in [-0.2, 0) is 23.1 Å². The molecule has 250 valence electrons. The molecule has 0 aliphatic rings. The highest BCUT2D eigenvalue weighted by Crippen LogP contribution is 2.43. The summed E-state index contributed by atoms with van der Waals surface area (Å²) in [7, 11) is 3.43. The van der Waals surface area contributed by atoms with E-state index >= 15 is 0 Å². The molecular weight excluding hydrogens is 549 g/mol. The largest absolute Gasteiger partial charge is 0.472 e. The molecule has 0 saturated carbocycles. The van der Waals surface area contributed by atoms with Crippen molar-refractivity contribution < 1.29 is 32.5 Å². The molecule has 7 nitrogen and oxygen atoms in total. The molecule has 0 heterocycles. The van der Waals surface area contributed by atoms with Gasteiger partial charge in [0.25, 0.3) is 0 Å². The van der Waals surface area contributed by atoms with Crippen LogP contribution in [0.3, 0.4) is 0 Å². The molecule has 0 aliphatic carbocycles. The molecule has 0 fully saturated rings. The maximum absolute atomic E-state index is 12.0. The van der Waals surface area contributed by atoms with Gasteiger partial charge in [0, 0.05) is 13.7 Å². The molecule has 8 heteroatoms. The summed E-state index contributed by atoms with van der Waals surface area (Å²) in [5.41, 5.74) is 0. The zero-order valence-corrected chi connectivity index (χ0v) is 29.1. The number of unbranched alkanes of at least 4 members (excludes halogenated alkanes) is 16. The molecule has 2 atom stereocenters. The SMILES string of the molecule is CCCCCC/C=C\CCCCCCCCCC/C=C\CCCCCOC[C@H](COP(=O)(O)OCC[N+](C)(C)C)OC. The Morgan fingerprint density at radius 1 is 0.643 bits per heavy atom. The van der Waals surface area contributed by atoms with E-state index in [4.69, 9.17) is 18.5 Å². The molecule has 0 rings (SSSR count). The molecule has 0 bridgehead atoms. The minimum Gasteiger partial charge on any atom is -0.379 e. The number of nitrogens with zero attached hydrogens (tertiary/aromatic N) is 1. The van der Waals surface area contributed by atoms with E-state index in [2.05, 4.69) is 31.2 Å². The number of hydrogen-bond acceptors (Lipinski definition) is 5. The van der Waals surface area contributed by atoms with E-state index in [1.807, 2.05) is 21.1 Å². The van der Waals surface area contributed by atoms with Crippen LogP contribution in [0, 0.1) is 0 Å². The number of methoxy groups -OCH3 is 1. The second-order valence-corrected chi connectivity index (χ2v) is 14.0. The molecule has 0 aliphatic heterocycles. The lowest BCUT2D eigenvalue weighted by Gasteiger charge is -2.24. The second kappa shape index (κ2) is 29.2. The van der Waals surface area contributed by atoms with Crippen molar-refractivity contribution in [2.45, 2.75) is 135 Å². The summed E-state index contributed by atoms with van der Waals surface area (Å²) in [4.78, 5) is 9.82. The molecular formula is C34H69NO6P+. The van der Waals surface area contributed by atoms with E-state index in [9.17, 15) is 9.46 Å². The molecule has 0 amide bonds. The van der Waals surface area contributed by atoms with Crippen molar-refractivity contribution in [3.8, 4) is 0 Å². The van der Waals surface area contributed by atoms with Gasteiger partial charge in [-0.05, 0) is 57.8 Å². The predicted octanol–water partition coefficient (Wildman–Crippen LogP) is 9.40. The van der Waals surface area contributed by atoms with Crippen LogP contribution in [0.15, 0.2) is 24.3 Å². The van der Waals surface area contributed by atoms with E-state index < -0.39 is 13.9 Å². The normalized spacial score (nSPS) is 14.7. The minimum atomic E-state index is -4.08. The minimum absolute atomic E-state index is 0.0448. The van der Waals surface area contributed by atoms with Crippen molar-refractivity contribution in [2.24, 2.45) is 0 Å². The van der Waals surface area contributed by atoms with Gasteiger partial charge >= 0.3 is 7.82 Å². The van der Waals surface area contributed by atoms with Gasteiger partial charge in [-0.25, -0.2) is 4.57 Å². The summed E-state index contributed by atoms with van der Waals surface area (Å²) in [5.74, 6) is 0.